The lowest BCUT2D eigenvalue weighted by atomic mass is 9.94. The fourth-order valence-electron chi connectivity index (χ4n) is 2.45. The van der Waals surface area contributed by atoms with E-state index in [0.29, 0.717) is 5.92 Å². The van der Waals surface area contributed by atoms with E-state index in [2.05, 4.69) is 39.0 Å². The number of hydrogen-bond donors (Lipinski definition) is 2. The molecule has 3 rings (SSSR count). The summed E-state index contributed by atoms with van der Waals surface area (Å²) in [7, 11) is 1.68. The van der Waals surface area contributed by atoms with Gasteiger partial charge in [-0.1, -0.05) is 18.2 Å². The zero-order valence-corrected chi connectivity index (χ0v) is 11.9. The summed E-state index contributed by atoms with van der Waals surface area (Å²) in [5.74, 6) is 1.24. The van der Waals surface area contributed by atoms with Crippen LogP contribution in [0.15, 0.2) is 48.9 Å². The van der Waals surface area contributed by atoms with E-state index in [1.807, 2.05) is 24.3 Å². The number of hydrogen-bond acceptors (Lipinski definition) is 5. The number of benzene rings is 1. The van der Waals surface area contributed by atoms with Crippen molar-refractivity contribution in [2.75, 3.05) is 13.7 Å². The van der Waals surface area contributed by atoms with Crippen molar-refractivity contribution in [2.45, 2.75) is 6.04 Å². The van der Waals surface area contributed by atoms with Gasteiger partial charge in [0.2, 0.25) is 0 Å². The molecule has 1 aliphatic heterocycles. The zero-order valence-electron chi connectivity index (χ0n) is 11.9. The summed E-state index contributed by atoms with van der Waals surface area (Å²) >= 11 is 0. The van der Waals surface area contributed by atoms with Crippen molar-refractivity contribution >= 4 is 6.08 Å². The van der Waals surface area contributed by atoms with Crippen LogP contribution in [0.5, 0.6) is 5.75 Å². The molecule has 1 saturated heterocycles. The lowest BCUT2D eigenvalue weighted by Gasteiger charge is -2.16. The molecule has 1 aliphatic rings. The molecule has 1 aromatic carbocycles. The van der Waals surface area contributed by atoms with Gasteiger partial charge in [0.25, 0.3) is 0 Å². The molecule has 2 heterocycles. The van der Waals surface area contributed by atoms with Crippen molar-refractivity contribution in [2.24, 2.45) is 5.92 Å². The predicted octanol–water partition coefficient (Wildman–Crippen LogP) is 1.96. The van der Waals surface area contributed by atoms with Crippen LogP contribution < -0.4 is 15.6 Å². The normalized spacial score (nSPS) is 21.8. The maximum Gasteiger partial charge on any atom is 0.118 e. The highest BCUT2D eigenvalue weighted by molar-refractivity contribution is 5.44. The van der Waals surface area contributed by atoms with Crippen molar-refractivity contribution in [1.29, 1.82) is 0 Å². The van der Waals surface area contributed by atoms with Gasteiger partial charge in [-0.15, -0.1) is 0 Å². The molecule has 0 amide bonds. The Hall–Kier alpha value is -2.24. The second-order valence-electron chi connectivity index (χ2n) is 4.93. The molecular weight excluding hydrogens is 264 g/mol. The van der Waals surface area contributed by atoms with E-state index < -0.39 is 0 Å². The monoisotopic (exact) mass is 282 g/mol. The maximum absolute atomic E-state index is 5.20. The molecule has 108 valence electrons. The Labute approximate surface area is 124 Å². The van der Waals surface area contributed by atoms with Gasteiger partial charge in [-0.25, -0.2) is 15.4 Å². The van der Waals surface area contributed by atoms with E-state index in [1.165, 1.54) is 5.56 Å². The number of nitrogens with one attached hydrogen (secondary N) is 2. The highest BCUT2D eigenvalue weighted by Crippen LogP contribution is 2.27. The van der Waals surface area contributed by atoms with E-state index in [-0.39, 0.29) is 6.04 Å². The standard InChI is InChI=1S/C16H18N4O/c1-21-15-6-3-12(4-7-15)16-13(10-19-20-16)2-5-14-8-9-17-11-18-14/h2-9,11,13,16,19-20H,10H2,1H3/b5-2+. The van der Waals surface area contributed by atoms with Gasteiger partial charge in [0.15, 0.2) is 0 Å². The lowest BCUT2D eigenvalue weighted by Crippen LogP contribution is -2.24. The molecule has 0 spiro atoms. The fourth-order valence-corrected chi connectivity index (χ4v) is 2.45. The van der Waals surface area contributed by atoms with Gasteiger partial charge >= 0.3 is 0 Å². The third kappa shape index (κ3) is 3.26. The van der Waals surface area contributed by atoms with Crippen molar-refractivity contribution in [3.8, 4) is 5.75 Å². The van der Waals surface area contributed by atoms with Gasteiger partial charge in [-0.05, 0) is 29.8 Å². The van der Waals surface area contributed by atoms with Crippen LogP contribution >= 0.6 is 0 Å². The topological polar surface area (TPSA) is 59.1 Å². The molecule has 5 nitrogen and oxygen atoms in total. The van der Waals surface area contributed by atoms with Gasteiger partial charge in [0.05, 0.1) is 18.8 Å². The third-order valence-corrected chi connectivity index (χ3v) is 3.62. The third-order valence-electron chi connectivity index (χ3n) is 3.62. The van der Waals surface area contributed by atoms with Crippen LogP contribution in [0.25, 0.3) is 6.08 Å². The highest BCUT2D eigenvalue weighted by atomic mass is 16.5. The Balaban J connectivity index is 1.74. The molecule has 21 heavy (non-hydrogen) atoms. The second kappa shape index (κ2) is 6.47. The Bertz CT molecular complexity index is 597. The maximum atomic E-state index is 5.20. The van der Waals surface area contributed by atoms with E-state index in [4.69, 9.17) is 4.74 Å². The number of methoxy groups -OCH3 is 1. The Morgan fingerprint density at radius 1 is 1.24 bits per heavy atom. The second-order valence-corrected chi connectivity index (χ2v) is 4.93. The van der Waals surface area contributed by atoms with E-state index in [0.717, 1.165) is 18.0 Å². The number of aromatic nitrogens is 2. The summed E-state index contributed by atoms with van der Waals surface area (Å²) in [6, 6.07) is 10.3. The van der Waals surface area contributed by atoms with Gasteiger partial charge in [-0.3, -0.25) is 5.43 Å². The molecule has 2 unspecified atom stereocenters. The first-order chi connectivity index (χ1) is 10.4. The molecule has 0 saturated carbocycles. The quantitative estimate of drug-likeness (QED) is 0.898. The van der Waals surface area contributed by atoms with E-state index in [1.54, 1.807) is 19.6 Å². The first-order valence-corrected chi connectivity index (χ1v) is 6.93. The van der Waals surface area contributed by atoms with Crippen LogP contribution in [-0.4, -0.2) is 23.6 Å². The van der Waals surface area contributed by atoms with Gasteiger partial charge < -0.3 is 4.74 Å². The smallest absolute Gasteiger partial charge is 0.118 e. The van der Waals surface area contributed by atoms with Crippen molar-refractivity contribution in [3.05, 3.63) is 60.2 Å². The lowest BCUT2D eigenvalue weighted by molar-refractivity contribution is 0.414. The summed E-state index contributed by atoms with van der Waals surface area (Å²) in [5, 5.41) is 0. The molecule has 0 aliphatic carbocycles. The minimum atomic E-state index is 0.244. The van der Waals surface area contributed by atoms with Crippen molar-refractivity contribution in [1.82, 2.24) is 20.8 Å². The summed E-state index contributed by atoms with van der Waals surface area (Å²) in [6.07, 6.45) is 7.53. The Kier molecular flexibility index (Phi) is 4.23. The number of nitrogens with zero attached hydrogens (tertiary/aromatic N) is 2. The van der Waals surface area contributed by atoms with Crippen molar-refractivity contribution in [3.63, 3.8) is 0 Å². The molecule has 0 radical (unpaired) electrons. The molecule has 1 aromatic heterocycles. The molecule has 2 aromatic rings. The molecule has 0 bridgehead atoms. The summed E-state index contributed by atoms with van der Waals surface area (Å²) in [5.41, 5.74) is 8.70. The summed E-state index contributed by atoms with van der Waals surface area (Å²) < 4.78 is 5.20. The van der Waals surface area contributed by atoms with Crippen LogP contribution in [0.3, 0.4) is 0 Å². The van der Waals surface area contributed by atoms with Gasteiger partial charge in [0, 0.05) is 18.7 Å². The number of rotatable bonds is 4. The SMILES string of the molecule is COc1ccc(C2NNCC2/C=C/c2ccncn2)cc1. The predicted molar refractivity (Wildman–Crippen MR) is 81.4 cm³/mol. The molecule has 2 atom stereocenters. The van der Waals surface area contributed by atoms with E-state index in [9.17, 15) is 0 Å². The number of hydrazine groups is 1. The molecular formula is C16H18N4O. The first-order valence-electron chi connectivity index (χ1n) is 6.93. The van der Waals surface area contributed by atoms with E-state index >= 15 is 0 Å². The van der Waals surface area contributed by atoms with Crippen LogP contribution in [-0.2, 0) is 0 Å². The van der Waals surface area contributed by atoms with Crippen molar-refractivity contribution < 1.29 is 4.74 Å². The minimum Gasteiger partial charge on any atom is -0.497 e. The van der Waals surface area contributed by atoms with Gasteiger partial charge in [-0.2, -0.15) is 0 Å². The number of ether oxygens (including phenoxy) is 1. The average molecular weight is 282 g/mol. The largest absolute Gasteiger partial charge is 0.497 e. The highest BCUT2D eigenvalue weighted by Gasteiger charge is 2.25. The van der Waals surface area contributed by atoms with Crippen LogP contribution in [0, 0.1) is 5.92 Å². The zero-order chi connectivity index (χ0) is 14.5. The summed E-state index contributed by atoms with van der Waals surface area (Å²) in [4.78, 5) is 8.13. The molecule has 1 fully saturated rings. The first kappa shape index (κ1) is 13.7. The molecule has 2 N–H and O–H groups in total. The fraction of sp³-hybridized carbons (Fsp3) is 0.250. The molecule has 5 heteroatoms. The average Bonchev–Trinajstić information content (AvgIpc) is 3.02. The minimum absolute atomic E-state index is 0.244. The Morgan fingerprint density at radius 3 is 2.81 bits per heavy atom. The van der Waals surface area contributed by atoms with Crippen LogP contribution in [0.2, 0.25) is 0 Å². The van der Waals surface area contributed by atoms with Gasteiger partial charge in [0.1, 0.15) is 12.1 Å². The van der Waals surface area contributed by atoms with Crippen LogP contribution in [0.1, 0.15) is 17.3 Å². The van der Waals surface area contributed by atoms with Crippen LogP contribution in [0.4, 0.5) is 0 Å². The summed E-state index contributed by atoms with van der Waals surface area (Å²) in [6.45, 7) is 0.887. The Morgan fingerprint density at radius 2 is 2.10 bits per heavy atom.